The second-order valence-corrected chi connectivity index (χ2v) is 10.1. The van der Waals surface area contributed by atoms with E-state index in [0.29, 0.717) is 30.3 Å². The van der Waals surface area contributed by atoms with Crippen LogP contribution in [-0.4, -0.2) is 33.4 Å². The fourth-order valence-corrected chi connectivity index (χ4v) is 6.18. The molecule has 0 aromatic carbocycles. The van der Waals surface area contributed by atoms with Crippen LogP contribution in [0.3, 0.4) is 0 Å². The molecule has 0 spiro atoms. The summed E-state index contributed by atoms with van der Waals surface area (Å²) in [6, 6.07) is 0. The molecule has 3 aliphatic carbocycles. The number of aliphatic hydroxyl groups is 1. The molecule has 1 fully saturated rings. The number of aliphatic hydroxyl groups excluding tert-OH is 1. The van der Waals surface area contributed by atoms with Gasteiger partial charge in [0.2, 0.25) is 0 Å². The number of hydrogen-bond acceptors (Lipinski definition) is 3. The molecule has 0 bridgehead atoms. The third kappa shape index (κ3) is 4.27. The Balaban J connectivity index is 1.84. The van der Waals surface area contributed by atoms with E-state index in [2.05, 4.69) is 19.9 Å². The first-order chi connectivity index (χ1) is 14.0. The second kappa shape index (κ2) is 8.70. The van der Waals surface area contributed by atoms with Crippen LogP contribution in [-0.2, 0) is 9.59 Å². The van der Waals surface area contributed by atoms with Crippen molar-refractivity contribution < 1.29 is 24.9 Å². The fraction of sp³-hybridized carbons (Fsp3) is 0.680. The molecule has 0 aliphatic heterocycles. The third-order valence-electron chi connectivity index (χ3n) is 8.26. The van der Waals surface area contributed by atoms with E-state index in [1.165, 1.54) is 12.5 Å². The van der Waals surface area contributed by atoms with Crippen LogP contribution in [0.4, 0.5) is 0 Å². The minimum Gasteiger partial charge on any atom is -0.478 e. The highest BCUT2D eigenvalue weighted by molar-refractivity contribution is 5.87. The smallest absolute Gasteiger partial charge is 0.331 e. The van der Waals surface area contributed by atoms with Crippen molar-refractivity contribution in [2.24, 2.45) is 35.0 Å². The van der Waals surface area contributed by atoms with E-state index in [9.17, 15) is 19.8 Å². The number of carboxylic acid groups (broad SMARTS) is 2. The summed E-state index contributed by atoms with van der Waals surface area (Å²) in [5.74, 6) is -0.532. The van der Waals surface area contributed by atoms with Crippen molar-refractivity contribution in [3.63, 3.8) is 0 Å². The molecule has 30 heavy (non-hydrogen) atoms. The number of aliphatic carboxylic acids is 2. The van der Waals surface area contributed by atoms with Crippen LogP contribution in [0, 0.1) is 35.0 Å². The molecule has 0 radical (unpaired) electrons. The molecule has 0 saturated heterocycles. The number of rotatable bonds is 6. The molecule has 3 N–H and O–H groups in total. The number of allylic oxidation sites excluding steroid dienone is 2. The van der Waals surface area contributed by atoms with Gasteiger partial charge in [-0.3, -0.25) is 0 Å². The first-order valence-corrected chi connectivity index (χ1v) is 11.3. The van der Waals surface area contributed by atoms with E-state index in [4.69, 9.17) is 5.11 Å². The molecular formula is C25H36O5. The zero-order chi connectivity index (χ0) is 22.2. The predicted molar refractivity (Wildman–Crippen MR) is 116 cm³/mol. The summed E-state index contributed by atoms with van der Waals surface area (Å²) in [4.78, 5) is 23.0. The van der Waals surface area contributed by atoms with Gasteiger partial charge < -0.3 is 15.3 Å². The molecule has 1 saturated carbocycles. The van der Waals surface area contributed by atoms with Gasteiger partial charge in [0.1, 0.15) is 0 Å². The number of carboxylic acids is 2. The highest BCUT2D eigenvalue weighted by Gasteiger charge is 2.49. The van der Waals surface area contributed by atoms with Gasteiger partial charge in [-0.15, -0.1) is 0 Å². The van der Waals surface area contributed by atoms with Crippen LogP contribution in [0.15, 0.2) is 34.9 Å². The van der Waals surface area contributed by atoms with Gasteiger partial charge in [0.25, 0.3) is 0 Å². The van der Waals surface area contributed by atoms with Crippen LogP contribution in [0.2, 0.25) is 0 Å². The molecule has 0 aromatic rings. The molecule has 0 amide bonds. The number of fused-ring (bicyclic) bond motifs is 2. The summed E-state index contributed by atoms with van der Waals surface area (Å²) < 4.78 is 0. The lowest BCUT2D eigenvalue weighted by Gasteiger charge is -2.41. The van der Waals surface area contributed by atoms with Crippen LogP contribution in [0.5, 0.6) is 0 Å². The Bertz CT molecular complexity index is 791. The van der Waals surface area contributed by atoms with E-state index in [0.717, 1.165) is 25.7 Å². The first kappa shape index (κ1) is 22.8. The van der Waals surface area contributed by atoms with E-state index < -0.39 is 18.0 Å². The fourth-order valence-electron chi connectivity index (χ4n) is 6.18. The number of hydrogen-bond donors (Lipinski definition) is 3. The Hall–Kier alpha value is -1.88. The summed E-state index contributed by atoms with van der Waals surface area (Å²) in [6.07, 6.45) is 10.2. The summed E-state index contributed by atoms with van der Waals surface area (Å²) in [5, 5.41) is 29.6. The lowest BCUT2D eigenvalue weighted by atomic mass is 9.63. The van der Waals surface area contributed by atoms with E-state index >= 15 is 0 Å². The van der Waals surface area contributed by atoms with Crippen molar-refractivity contribution in [2.75, 3.05) is 0 Å². The van der Waals surface area contributed by atoms with Gasteiger partial charge >= 0.3 is 11.9 Å². The number of carbonyl (C=O) groups is 2. The summed E-state index contributed by atoms with van der Waals surface area (Å²) >= 11 is 0. The van der Waals surface area contributed by atoms with Crippen LogP contribution >= 0.6 is 0 Å². The average molecular weight is 417 g/mol. The molecule has 0 aromatic heterocycles. The molecule has 5 heteroatoms. The topological polar surface area (TPSA) is 94.8 Å². The van der Waals surface area contributed by atoms with Gasteiger partial charge in [0.15, 0.2) is 0 Å². The average Bonchev–Trinajstić information content (AvgIpc) is 3.18. The van der Waals surface area contributed by atoms with Gasteiger partial charge in [-0.25, -0.2) is 9.59 Å². The first-order valence-electron chi connectivity index (χ1n) is 11.3. The normalized spacial score (nSPS) is 36.0. The molecule has 166 valence electrons. The van der Waals surface area contributed by atoms with E-state index in [-0.39, 0.29) is 28.7 Å². The minimum absolute atomic E-state index is 0.0815. The van der Waals surface area contributed by atoms with Crippen LogP contribution in [0.1, 0.15) is 66.2 Å². The molecular weight excluding hydrogens is 380 g/mol. The Morgan fingerprint density at radius 1 is 1.27 bits per heavy atom. The van der Waals surface area contributed by atoms with Crippen molar-refractivity contribution in [3.05, 3.63) is 34.9 Å². The molecule has 7 atom stereocenters. The van der Waals surface area contributed by atoms with Crippen molar-refractivity contribution in [3.8, 4) is 0 Å². The Morgan fingerprint density at radius 3 is 2.60 bits per heavy atom. The maximum atomic E-state index is 12.0. The molecule has 7 unspecified atom stereocenters. The largest absolute Gasteiger partial charge is 0.478 e. The Kier molecular flexibility index (Phi) is 6.61. The van der Waals surface area contributed by atoms with Crippen molar-refractivity contribution in [1.82, 2.24) is 0 Å². The summed E-state index contributed by atoms with van der Waals surface area (Å²) in [7, 11) is 0. The second-order valence-electron chi connectivity index (χ2n) is 10.1. The van der Waals surface area contributed by atoms with Crippen molar-refractivity contribution in [2.45, 2.75) is 72.3 Å². The van der Waals surface area contributed by atoms with Crippen molar-refractivity contribution in [1.29, 1.82) is 0 Å². The lowest BCUT2D eigenvalue weighted by Crippen LogP contribution is -2.35. The molecule has 0 heterocycles. The lowest BCUT2D eigenvalue weighted by molar-refractivity contribution is -0.134. The SMILES string of the molecule is CC(=CCC(O)C(C)C1=CCC2(C)CC3C(C)CCC3C(C(=O)O)=CCC12)C(=O)O. The van der Waals surface area contributed by atoms with Crippen LogP contribution < -0.4 is 0 Å². The van der Waals surface area contributed by atoms with Gasteiger partial charge in [-0.2, -0.15) is 0 Å². The Labute approximate surface area is 179 Å². The maximum absolute atomic E-state index is 12.0. The van der Waals surface area contributed by atoms with Crippen molar-refractivity contribution >= 4 is 11.9 Å². The Morgan fingerprint density at radius 2 is 1.97 bits per heavy atom. The summed E-state index contributed by atoms with van der Waals surface area (Å²) in [6.45, 7) is 8.14. The third-order valence-corrected chi connectivity index (χ3v) is 8.26. The molecule has 5 nitrogen and oxygen atoms in total. The van der Waals surface area contributed by atoms with Gasteiger partial charge in [-0.1, -0.05) is 44.6 Å². The quantitative estimate of drug-likeness (QED) is 0.426. The predicted octanol–water partition coefficient (Wildman–Crippen LogP) is 4.82. The zero-order valence-corrected chi connectivity index (χ0v) is 18.6. The van der Waals surface area contributed by atoms with Crippen LogP contribution in [0.25, 0.3) is 0 Å². The molecule has 3 aliphatic rings. The minimum atomic E-state index is -0.964. The van der Waals surface area contributed by atoms with E-state index in [1.807, 2.05) is 13.0 Å². The highest BCUT2D eigenvalue weighted by Crippen LogP contribution is 2.57. The monoisotopic (exact) mass is 416 g/mol. The summed E-state index contributed by atoms with van der Waals surface area (Å²) in [5.41, 5.74) is 2.12. The van der Waals surface area contributed by atoms with Gasteiger partial charge in [0.05, 0.1) is 6.10 Å². The maximum Gasteiger partial charge on any atom is 0.331 e. The van der Waals surface area contributed by atoms with Gasteiger partial charge in [0, 0.05) is 17.1 Å². The highest BCUT2D eigenvalue weighted by atomic mass is 16.4. The standard InChI is InChI=1S/C25H36O5/c1-14-5-7-18-19(24(29)30)8-9-21-17(11-12-25(21,4)13-20(14)18)16(3)22(26)10-6-15(2)23(27)28/h6,8,11,14,16,18,20-22,26H,5,7,9-10,12-13H2,1-4H3,(H,27,28)(H,29,30). The molecule has 3 rings (SSSR count). The van der Waals surface area contributed by atoms with E-state index in [1.54, 1.807) is 6.08 Å². The zero-order valence-electron chi connectivity index (χ0n) is 18.6. The van der Waals surface area contributed by atoms with Gasteiger partial charge in [-0.05, 0) is 74.5 Å².